The molecule has 0 atom stereocenters. The molecule has 0 radical (unpaired) electrons. The van der Waals surface area contributed by atoms with E-state index in [2.05, 4.69) is 15.9 Å². The molecule has 1 heterocycles. The van der Waals surface area contributed by atoms with Gasteiger partial charge in [0.2, 0.25) is 15.9 Å². The van der Waals surface area contributed by atoms with Gasteiger partial charge in [-0.2, -0.15) is 4.31 Å². The lowest BCUT2D eigenvalue weighted by molar-refractivity contribution is -0.131. The Morgan fingerprint density at radius 1 is 0.862 bits per heavy atom. The second-order valence-corrected chi connectivity index (χ2v) is 9.95. The number of sulfonamides is 1. The second kappa shape index (κ2) is 8.26. The van der Waals surface area contributed by atoms with Crippen molar-refractivity contribution in [3.05, 3.63) is 76.8 Å². The van der Waals surface area contributed by atoms with Gasteiger partial charge in [0.05, 0.1) is 11.3 Å². The lowest BCUT2D eigenvalue weighted by atomic mass is 10.1. The summed E-state index contributed by atoms with van der Waals surface area (Å²) in [6.07, 6.45) is 0.324. The topological polar surface area (TPSA) is 57.7 Å². The molecule has 1 saturated heterocycles. The Kier molecular flexibility index (Phi) is 5.72. The van der Waals surface area contributed by atoms with E-state index >= 15 is 0 Å². The Bertz CT molecular complexity index is 1140. The van der Waals surface area contributed by atoms with E-state index in [0.29, 0.717) is 37.5 Å². The number of fused-ring (bicyclic) bond motifs is 1. The van der Waals surface area contributed by atoms with Crippen molar-refractivity contribution in [1.29, 1.82) is 0 Å². The molecule has 150 valence electrons. The minimum atomic E-state index is -3.58. The lowest BCUT2D eigenvalue weighted by Gasteiger charge is -2.34. The van der Waals surface area contributed by atoms with Crippen molar-refractivity contribution in [2.75, 3.05) is 26.2 Å². The average molecular weight is 473 g/mol. The SMILES string of the molecule is O=C(Cc1ccc(Br)cc1)N1CCN(S(=O)(=O)c2ccc3ccccc3c2)CC1. The zero-order chi connectivity index (χ0) is 20.4. The molecule has 0 spiro atoms. The molecule has 0 unspecified atom stereocenters. The number of carbonyl (C=O) groups is 1. The maximum Gasteiger partial charge on any atom is 0.243 e. The Balaban J connectivity index is 1.42. The summed E-state index contributed by atoms with van der Waals surface area (Å²) in [7, 11) is -3.58. The van der Waals surface area contributed by atoms with Gasteiger partial charge in [-0.05, 0) is 40.6 Å². The van der Waals surface area contributed by atoms with Crippen LogP contribution in [-0.2, 0) is 21.2 Å². The summed E-state index contributed by atoms with van der Waals surface area (Å²) in [5.74, 6) is 0.0232. The van der Waals surface area contributed by atoms with Gasteiger partial charge in [-0.25, -0.2) is 8.42 Å². The van der Waals surface area contributed by atoms with Crippen molar-refractivity contribution in [1.82, 2.24) is 9.21 Å². The van der Waals surface area contributed by atoms with Crippen molar-refractivity contribution in [2.45, 2.75) is 11.3 Å². The summed E-state index contributed by atoms with van der Waals surface area (Å²) in [6, 6.07) is 20.6. The van der Waals surface area contributed by atoms with E-state index in [-0.39, 0.29) is 5.91 Å². The predicted octanol–water partition coefficient (Wildman–Crippen LogP) is 3.68. The summed E-state index contributed by atoms with van der Waals surface area (Å²) in [5.41, 5.74) is 0.949. The monoisotopic (exact) mass is 472 g/mol. The van der Waals surface area contributed by atoms with Gasteiger partial charge < -0.3 is 4.90 Å². The standard InChI is InChI=1S/C22H21BrN2O3S/c23-20-8-5-17(6-9-20)15-22(26)24-11-13-25(14-12-24)29(27,28)21-10-7-18-3-1-2-4-19(18)16-21/h1-10,16H,11-15H2. The predicted molar refractivity (Wildman–Crippen MR) is 117 cm³/mol. The van der Waals surface area contributed by atoms with Gasteiger partial charge in [-0.15, -0.1) is 0 Å². The number of rotatable bonds is 4. The summed E-state index contributed by atoms with van der Waals surface area (Å²) >= 11 is 3.39. The van der Waals surface area contributed by atoms with Gasteiger partial charge in [0, 0.05) is 30.7 Å². The van der Waals surface area contributed by atoms with Crippen LogP contribution in [0.15, 0.2) is 76.1 Å². The lowest BCUT2D eigenvalue weighted by Crippen LogP contribution is -2.50. The number of hydrogen-bond acceptors (Lipinski definition) is 3. The zero-order valence-corrected chi connectivity index (χ0v) is 18.2. The van der Waals surface area contributed by atoms with Gasteiger partial charge in [-0.1, -0.05) is 58.4 Å². The van der Waals surface area contributed by atoms with Crippen LogP contribution in [-0.4, -0.2) is 49.7 Å². The normalized spacial score (nSPS) is 15.6. The molecule has 0 saturated carbocycles. The van der Waals surface area contributed by atoms with E-state index in [0.717, 1.165) is 20.8 Å². The maximum atomic E-state index is 13.0. The van der Waals surface area contributed by atoms with Crippen LogP contribution in [0, 0.1) is 0 Å². The molecule has 0 N–H and O–H groups in total. The molecule has 0 aromatic heterocycles. The minimum Gasteiger partial charge on any atom is -0.340 e. The summed E-state index contributed by atoms with van der Waals surface area (Å²) in [6.45, 7) is 1.42. The van der Waals surface area contributed by atoms with E-state index in [9.17, 15) is 13.2 Å². The van der Waals surface area contributed by atoms with Crippen LogP contribution < -0.4 is 0 Å². The summed E-state index contributed by atoms with van der Waals surface area (Å²) in [5, 5.41) is 1.91. The third-order valence-electron chi connectivity index (χ3n) is 5.22. The highest BCUT2D eigenvalue weighted by atomic mass is 79.9. The number of nitrogens with zero attached hydrogens (tertiary/aromatic N) is 2. The third kappa shape index (κ3) is 4.37. The van der Waals surface area contributed by atoms with Crippen LogP contribution in [0.2, 0.25) is 0 Å². The minimum absolute atomic E-state index is 0.0232. The second-order valence-electron chi connectivity index (χ2n) is 7.10. The van der Waals surface area contributed by atoms with Crippen LogP contribution in [0.5, 0.6) is 0 Å². The van der Waals surface area contributed by atoms with Crippen LogP contribution in [0.3, 0.4) is 0 Å². The number of benzene rings is 3. The van der Waals surface area contributed by atoms with Crippen LogP contribution >= 0.6 is 15.9 Å². The van der Waals surface area contributed by atoms with Gasteiger partial charge in [0.25, 0.3) is 0 Å². The Hall–Kier alpha value is -2.22. The van der Waals surface area contributed by atoms with Gasteiger partial charge in [0.1, 0.15) is 0 Å². The fraction of sp³-hybridized carbons (Fsp3) is 0.227. The molecular formula is C22H21BrN2O3S. The first kappa shape index (κ1) is 20.1. The number of halogens is 1. The van der Waals surface area contributed by atoms with Gasteiger partial charge in [0.15, 0.2) is 0 Å². The molecule has 29 heavy (non-hydrogen) atoms. The molecule has 1 amide bonds. The molecule has 0 aliphatic carbocycles. The fourth-order valence-electron chi connectivity index (χ4n) is 3.54. The summed E-state index contributed by atoms with van der Waals surface area (Å²) in [4.78, 5) is 14.6. The third-order valence-corrected chi connectivity index (χ3v) is 7.64. The molecule has 1 fully saturated rings. The molecule has 7 heteroatoms. The fourth-order valence-corrected chi connectivity index (χ4v) is 5.27. The largest absolute Gasteiger partial charge is 0.340 e. The average Bonchev–Trinajstić information content (AvgIpc) is 2.75. The molecule has 4 rings (SSSR count). The highest BCUT2D eigenvalue weighted by Gasteiger charge is 2.30. The number of hydrogen-bond donors (Lipinski definition) is 0. The van der Waals surface area contributed by atoms with Crippen LogP contribution in [0.1, 0.15) is 5.56 Å². The van der Waals surface area contributed by atoms with E-state index in [1.165, 1.54) is 4.31 Å². The first-order chi connectivity index (χ1) is 13.9. The van der Waals surface area contributed by atoms with Crippen LogP contribution in [0.25, 0.3) is 10.8 Å². The molecule has 1 aliphatic rings. The van der Waals surface area contributed by atoms with Crippen molar-refractivity contribution in [2.24, 2.45) is 0 Å². The highest BCUT2D eigenvalue weighted by molar-refractivity contribution is 9.10. The first-order valence-corrected chi connectivity index (χ1v) is 11.7. The Labute approximate surface area is 179 Å². The smallest absolute Gasteiger partial charge is 0.243 e. The maximum absolute atomic E-state index is 13.0. The van der Waals surface area contributed by atoms with E-state index in [4.69, 9.17) is 0 Å². The van der Waals surface area contributed by atoms with Crippen molar-refractivity contribution in [3.63, 3.8) is 0 Å². The number of carbonyl (C=O) groups excluding carboxylic acids is 1. The number of piperazine rings is 1. The Morgan fingerprint density at radius 2 is 1.52 bits per heavy atom. The van der Waals surface area contributed by atoms with Crippen molar-refractivity contribution >= 4 is 42.6 Å². The quantitative estimate of drug-likeness (QED) is 0.581. The van der Waals surface area contributed by atoms with Crippen molar-refractivity contribution in [3.8, 4) is 0 Å². The van der Waals surface area contributed by atoms with Crippen LogP contribution in [0.4, 0.5) is 0 Å². The first-order valence-electron chi connectivity index (χ1n) is 9.45. The van der Waals surface area contributed by atoms with Crippen molar-refractivity contribution < 1.29 is 13.2 Å². The molecule has 5 nitrogen and oxygen atoms in total. The molecular weight excluding hydrogens is 452 g/mol. The van der Waals surface area contributed by atoms with E-state index < -0.39 is 10.0 Å². The molecule has 3 aromatic rings. The molecule has 3 aromatic carbocycles. The zero-order valence-electron chi connectivity index (χ0n) is 15.8. The number of amides is 1. The van der Waals surface area contributed by atoms with E-state index in [1.807, 2.05) is 54.6 Å². The van der Waals surface area contributed by atoms with Gasteiger partial charge >= 0.3 is 0 Å². The van der Waals surface area contributed by atoms with E-state index in [1.54, 1.807) is 17.0 Å². The van der Waals surface area contributed by atoms with Gasteiger partial charge in [-0.3, -0.25) is 4.79 Å². The Morgan fingerprint density at radius 3 is 2.21 bits per heavy atom. The molecule has 1 aliphatic heterocycles. The molecule has 0 bridgehead atoms. The summed E-state index contributed by atoms with van der Waals surface area (Å²) < 4.78 is 28.5. The highest BCUT2D eigenvalue weighted by Crippen LogP contribution is 2.23.